The van der Waals surface area contributed by atoms with Gasteiger partial charge in [0.25, 0.3) is 0 Å². The first-order chi connectivity index (χ1) is 14.9. The van der Waals surface area contributed by atoms with Crippen LogP contribution in [0.25, 0.3) is 0 Å². The molecule has 2 rings (SSSR count). The molecule has 32 heavy (non-hydrogen) atoms. The number of Topliss-reactive ketones (excluding diaryl/α,β-unsaturated/α-hetero) is 1. The molecule has 172 valence electrons. The molecule has 0 aliphatic rings. The minimum Gasteiger partial charge on any atom is -0.456 e. The highest BCUT2D eigenvalue weighted by atomic mass is 16.6. The molecule has 15 heteroatoms. The Morgan fingerprint density at radius 2 is 1.12 bits per heavy atom. The molecule has 0 saturated carbocycles. The van der Waals surface area contributed by atoms with Crippen LogP contribution in [0, 0.1) is 47.9 Å². The zero-order chi connectivity index (χ0) is 24.2. The Hall–Kier alpha value is -4.17. The lowest BCUT2D eigenvalue weighted by Crippen LogP contribution is -2.24. The molecule has 2 aromatic heterocycles. The molecule has 0 saturated heterocycles. The molecule has 2 heterocycles. The maximum atomic E-state index is 11.9. The van der Waals surface area contributed by atoms with E-state index in [1.807, 2.05) is 0 Å². The van der Waals surface area contributed by atoms with Crippen LogP contribution in [0.3, 0.4) is 0 Å². The molecule has 0 amide bonds. The molecule has 0 aromatic carbocycles. The van der Waals surface area contributed by atoms with E-state index in [1.165, 1.54) is 27.7 Å². The minimum atomic E-state index is -0.861. The van der Waals surface area contributed by atoms with Crippen molar-refractivity contribution in [2.45, 2.75) is 40.8 Å². The van der Waals surface area contributed by atoms with E-state index in [1.54, 1.807) is 0 Å². The van der Waals surface area contributed by atoms with Crippen molar-refractivity contribution >= 4 is 29.1 Å². The quantitative estimate of drug-likeness (QED) is 0.277. The number of hydrogen-bond acceptors (Lipinski definition) is 11. The first-order valence-corrected chi connectivity index (χ1v) is 9.12. The lowest BCUT2D eigenvalue weighted by atomic mass is 10.3. The van der Waals surface area contributed by atoms with Crippen LogP contribution >= 0.6 is 0 Å². The minimum absolute atomic E-state index is 0.135. The van der Waals surface area contributed by atoms with E-state index in [4.69, 9.17) is 9.47 Å². The van der Waals surface area contributed by atoms with E-state index in [0.717, 1.165) is 9.36 Å². The zero-order valence-electron chi connectivity index (χ0n) is 17.7. The number of nitro groups is 2. The first kappa shape index (κ1) is 24.1. The summed E-state index contributed by atoms with van der Waals surface area (Å²) in [6.07, 6.45) is 0. The van der Waals surface area contributed by atoms with Gasteiger partial charge in [0.1, 0.15) is 35.9 Å². The van der Waals surface area contributed by atoms with Crippen molar-refractivity contribution < 1.29 is 33.7 Å². The molecule has 0 aliphatic heterocycles. The van der Waals surface area contributed by atoms with Crippen LogP contribution < -0.4 is 0 Å². The summed E-state index contributed by atoms with van der Waals surface area (Å²) in [5.41, 5.74) is 0.165. The van der Waals surface area contributed by atoms with Crippen LogP contribution in [-0.2, 0) is 36.9 Å². The molecule has 0 spiro atoms. The number of carbonyl (C=O) groups is 3. The van der Waals surface area contributed by atoms with Crippen molar-refractivity contribution in [3.8, 4) is 0 Å². The Balaban J connectivity index is 1.81. The highest BCUT2D eigenvalue weighted by Gasteiger charge is 2.24. The van der Waals surface area contributed by atoms with E-state index in [-0.39, 0.29) is 34.2 Å². The standard InChI is InChI=1S/C17H20N6O9/c1-9-16(22(27)28)11(3)20(18-9)5-14(25)31-7-13(24)8-32-15(26)6-21-12(4)17(23(29)30)10(2)19-21/h5-8H2,1-4H3. The Kier molecular flexibility index (Phi) is 7.35. The van der Waals surface area contributed by atoms with Gasteiger partial charge in [0, 0.05) is 0 Å². The monoisotopic (exact) mass is 452 g/mol. The van der Waals surface area contributed by atoms with E-state index < -0.39 is 53.9 Å². The van der Waals surface area contributed by atoms with Gasteiger partial charge in [-0.3, -0.25) is 44.0 Å². The van der Waals surface area contributed by atoms with E-state index in [9.17, 15) is 34.6 Å². The molecule has 0 atom stereocenters. The molecule has 0 bridgehead atoms. The van der Waals surface area contributed by atoms with Gasteiger partial charge in [-0.15, -0.1) is 0 Å². The third kappa shape index (κ3) is 5.50. The summed E-state index contributed by atoms with van der Waals surface area (Å²) in [6, 6.07) is 0. The topological polar surface area (TPSA) is 192 Å². The van der Waals surface area contributed by atoms with Gasteiger partial charge in [-0.25, -0.2) is 0 Å². The summed E-state index contributed by atoms with van der Waals surface area (Å²) < 4.78 is 11.8. The van der Waals surface area contributed by atoms with Crippen molar-refractivity contribution in [2.75, 3.05) is 13.2 Å². The summed E-state index contributed by atoms with van der Waals surface area (Å²) in [6.45, 7) is 3.46. The molecule has 15 nitrogen and oxygen atoms in total. The van der Waals surface area contributed by atoms with Gasteiger partial charge in [-0.1, -0.05) is 0 Å². The second-order valence-corrected chi connectivity index (χ2v) is 6.73. The number of aromatic nitrogens is 4. The van der Waals surface area contributed by atoms with Crippen molar-refractivity contribution in [1.82, 2.24) is 19.6 Å². The summed E-state index contributed by atoms with van der Waals surface area (Å²) in [7, 11) is 0. The van der Waals surface area contributed by atoms with Gasteiger partial charge in [0.15, 0.2) is 13.2 Å². The molecule has 2 aromatic rings. The van der Waals surface area contributed by atoms with Crippen LogP contribution in [0.1, 0.15) is 22.8 Å². The molecular weight excluding hydrogens is 432 g/mol. The number of rotatable bonds is 10. The number of esters is 2. The molecule has 0 N–H and O–H groups in total. The highest BCUT2D eigenvalue weighted by molar-refractivity contribution is 5.85. The first-order valence-electron chi connectivity index (χ1n) is 9.12. The van der Waals surface area contributed by atoms with Gasteiger partial charge in [-0.2, -0.15) is 10.2 Å². The lowest BCUT2D eigenvalue weighted by Gasteiger charge is -2.07. The third-order valence-corrected chi connectivity index (χ3v) is 4.40. The number of ether oxygens (including phenoxy) is 2. The predicted octanol–water partition coefficient (Wildman–Crippen LogP) is 0.485. The normalized spacial score (nSPS) is 10.6. The number of aryl methyl sites for hydroxylation is 2. The van der Waals surface area contributed by atoms with E-state index in [0.29, 0.717) is 0 Å². The number of ketones is 1. The Labute approximate surface area is 180 Å². The van der Waals surface area contributed by atoms with Crippen molar-refractivity contribution in [1.29, 1.82) is 0 Å². The fourth-order valence-electron chi connectivity index (χ4n) is 2.91. The smallest absolute Gasteiger partial charge is 0.328 e. The summed E-state index contributed by atoms with van der Waals surface area (Å²) in [5.74, 6) is -2.44. The molecule has 0 aliphatic carbocycles. The molecule has 0 radical (unpaired) electrons. The fraction of sp³-hybridized carbons (Fsp3) is 0.471. The van der Waals surface area contributed by atoms with Gasteiger partial charge in [0.05, 0.1) is 9.85 Å². The molecule has 0 unspecified atom stereocenters. The lowest BCUT2D eigenvalue weighted by molar-refractivity contribution is -0.386. The Bertz CT molecular complexity index is 1020. The van der Waals surface area contributed by atoms with Gasteiger partial charge in [-0.05, 0) is 27.7 Å². The third-order valence-electron chi connectivity index (χ3n) is 4.40. The van der Waals surface area contributed by atoms with Crippen molar-refractivity contribution in [2.24, 2.45) is 0 Å². The van der Waals surface area contributed by atoms with Gasteiger partial charge < -0.3 is 9.47 Å². The van der Waals surface area contributed by atoms with Crippen LogP contribution in [0.4, 0.5) is 11.4 Å². The number of hydrogen-bond donors (Lipinski definition) is 0. The molecule has 0 fully saturated rings. The van der Waals surface area contributed by atoms with Gasteiger partial charge >= 0.3 is 23.3 Å². The molecular formula is C17H20N6O9. The second kappa shape index (κ2) is 9.76. The van der Waals surface area contributed by atoms with Crippen LogP contribution in [0.15, 0.2) is 0 Å². The van der Waals surface area contributed by atoms with E-state index in [2.05, 4.69) is 10.2 Å². The Morgan fingerprint density at radius 1 is 0.781 bits per heavy atom. The van der Waals surface area contributed by atoms with E-state index >= 15 is 0 Å². The maximum Gasteiger partial charge on any atom is 0.328 e. The van der Waals surface area contributed by atoms with Crippen LogP contribution in [0.5, 0.6) is 0 Å². The van der Waals surface area contributed by atoms with Crippen LogP contribution in [-0.4, -0.2) is 60.3 Å². The average molecular weight is 452 g/mol. The summed E-state index contributed by atoms with van der Waals surface area (Å²) in [4.78, 5) is 56.3. The zero-order valence-corrected chi connectivity index (χ0v) is 17.7. The highest BCUT2D eigenvalue weighted by Crippen LogP contribution is 2.22. The summed E-state index contributed by atoms with van der Waals surface area (Å²) in [5, 5.41) is 29.7. The Morgan fingerprint density at radius 3 is 1.41 bits per heavy atom. The largest absolute Gasteiger partial charge is 0.456 e. The van der Waals surface area contributed by atoms with Gasteiger partial charge in [0.2, 0.25) is 5.78 Å². The average Bonchev–Trinajstić information content (AvgIpc) is 3.12. The van der Waals surface area contributed by atoms with Crippen molar-refractivity contribution in [3.63, 3.8) is 0 Å². The van der Waals surface area contributed by atoms with Crippen LogP contribution in [0.2, 0.25) is 0 Å². The van der Waals surface area contributed by atoms with Crippen molar-refractivity contribution in [3.05, 3.63) is 43.0 Å². The predicted molar refractivity (Wildman–Crippen MR) is 104 cm³/mol. The number of nitrogens with zero attached hydrogens (tertiary/aromatic N) is 6. The summed E-state index contributed by atoms with van der Waals surface area (Å²) >= 11 is 0. The maximum absolute atomic E-state index is 11.9. The SMILES string of the molecule is Cc1nn(CC(=O)OCC(=O)COC(=O)Cn2nc(C)c([N+](=O)[O-])c2C)c(C)c1[N+](=O)[O-]. The number of carbonyl (C=O) groups excluding carboxylic acids is 3. The second-order valence-electron chi connectivity index (χ2n) is 6.73. The fourth-order valence-corrected chi connectivity index (χ4v) is 2.91.